The summed E-state index contributed by atoms with van der Waals surface area (Å²) in [6.07, 6.45) is 2.88. The van der Waals surface area contributed by atoms with Gasteiger partial charge in [-0.25, -0.2) is 10.9 Å². The molecule has 176 valence electrons. The van der Waals surface area contributed by atoms with Gasteiger partial charge < -0.3 is 23.7 Å². The summed E-state index contributed by atoms with van der Waals surface area (Å²) in [5, 5.41) is 7.67. The first-order valence-electron chi connectivity index (χ1n) is 9.66. The molecule has 0 heterocycles. The molecule has 0 saturated heterocycles. The lowest BCUT2D eigenvalue weighted by Crippen LogP contribution is -2.28. The molecule has 0 spiro atoms. The van der Waals surface area contributed by atoms with Crippen molar-refractivity contribution in [1.29, 1.82) is 0 Å². The third-order valence-corrected chi connectivity index (χ3v) is 4.09. The van der Waals surface area contributed by atoms with Crippen LogP contribution in [0.3, 0.4) is 0 Å². The maximum absolute atomic E-state index is 11.8. The van der Waals surface area contributed by atoms with E-state index < -0.39 is 11.8 Å². The highest BCUT2D eigenvalue weighted by atomic mass is 16.5. The highest BCUT2D eigenvalue weighted by molar-refractivity contribution is 5.85. The van der Waals surface area contributed by atoms with Crippen LogP contribution in [0.2, 0.25) is 0 Å². The van der Waals surface area contributed by atoms with Crippen molar-refractivity contribution in [1.82, 2.24) is 10.9 Å². The van der Waals surface area contributed by atoms with Gasteiger partial charge in [-0.1, -0.05) is 0 Å². The van der Waals surface area contributed by atoms with Gasteiger partial charge in [0.2, 0.25) is 0 Å². The van der Waals surface area contributed by atoms with E-state index in [-0.39, 0.29) is 13.2 Å². The first-order chi connectivity index (χ1) is 16.0. The van der Waals surface area contributed by atoms with Gasteiger partial charge in [-0.15, -0.1) is 0 Å². The van der Waals surface area contributed by atoms with Gasteiger partial charge >= 0.3 is 0 Å². The molecule has 0 unspecified atom stereocenters. The fraction of sp³-hybridized carbons (Fsp3) is 0.273. The number of hydrogen-bond donors (Lipinski definition) is 2. The van der Waals surface area contributed by atoms with Crippen LogP contribution in [0.15, 0.2) is 46.6 Å². The van der Waals surface area contributed by atoms with Gasteiger partial charge in [-0.05, 0) is 47.5 Å². The van der Waals surface area contributed by atoms with Gasteiger partial charge in [0.15, 0.2) is 23.0 Å². The summed E-state index contributed by atoms with van der Waals surface area (Å²) in [4.78, 5) is 23.5. The van der Waals surface area contributed by atoms with E-state index >= 15 is 0 Å². The number of nitrogens with one attached hydrogen (secondary N) is 2. The Kier molecular flexibility index (Phi) is 10.2. The molecule has 0 bridgehead atoms. The molecule has 0 aliphatic carbocycles. The molecule has 0 radical (unpaired) electrons. The van der Waals surface area contributed by atoms with E-state index in [9.17, 15) is 9.59 Å². The van der Waals surface area contributed by atoms with Gasteiger partial charge in [-0.3, -0.25) is 9.59 Å². The minimum atomic E-state index is -0.520. The molecule has 2 aromatic rings. The van der Waals surface area contributed by atoms with Crippen molar-refractivity contribution in [2.75, 3.05) is 41.7 Å². The molecule has 0 aromatic heterocycles. The van der Waals surface area contributed by atoms with Crippen LogP contribution >= 0.6 is 0 Å². The second kappa shape index (κ2) is 13.3. The predicted molar refractivity (Wildman–Crippen MR) is 121 cm³/mol. The lowest BCUT2D eigenvalue weighted by molar-refractivity contribution is -0.130. The summed E-state index contributed by atoms with van der Waals surface area (Å²) >= 11 is 0. The Labute approximate surface area is 191 Å². The topological polar surface area (TPSA) is 129 Å². The van der Waals surface area contributed by atoms with Crippen LogP contribution in [-0.4, -0.2) is 65.9 Å². The molecular weight excluding hydrogens is 432 g/mol. The molecule has 0 fully saturated rings. The molecule has 2 amide bonds. The van der Waals surface area contributed by atoms with Crippen molar-refractivity contribution in [3.63, 3.8) is 0 Å². The van der Waals surface area contributed by atoms with Crippen LogP contribution in [0.25, 0.3) is 0 Å². The number of hydrogen-bond acceptors (Lipinski definition) is 9. The maximum Gasteiger partial charge on any atom is 0.266 e. The van der Waals surface area contributed by atoms with Crippen molar-refractivity contribution < 1.29 is 33.3 Å². The number of nitrogens with zero attached hydrogens (tertiary/aromatic N) is 2. The molecule has 2 rings (SSSR count). The lowest BCUT2D eigenvalue weighted by Gasteiger charge is -2.07. The van der Waals surface area contributed by atoms with Crippen molar-refractivity contribution in [3.8, 4) is 23.0 Å². The second-order valence-electron chi connectivity index (χ2n) is 6.31. The monoisotopic (exact) mass is 458 g/mol. The standard InChI is InChI=1S/C22H26N4O7/c1-29-17-7-5-15(9-19(17)31-3)11-23-25-21(27)13-33-14-22(28)26-24-12-16-6-8-18(30-2)20(10-16)32-4/h5-12H,13-14H2,1-4H3,(H,25,27)(H,26,28)/b23-11-,24-12+. The van der Waals surface area contributed by atoms with Crippen LogP contribution < -0.4 is 29.8 Å². The predicted octanol–water partition coefficient (Wildman–Crippen LogP) is 1.34. The van der Waals surface area contributed by atoms with E-state index in [0.717, 1.165) is 0 Å². The quantitative estimate of drug-likeness (QED) is 0.363. The molecule has 33 heavy (non-hydrogen) atoms. The van der Waals surface area contributed by atoms with Gasteiger partial charge in [0.1, 0.15) is 13.2 Å². The molecule has 2 aromatic carbocycles. The lowest BCUT2D eigenvalue weighted by atomic mass is 10.2. The highest BCUT2D eigenvalue weighted by Crippen LogP contribution is 2.27. The number of benzene rings is 2. The van der Waals surface area contributed by atoms with Crippen LogP contribution in [0.5, 0.6) is 23.0 Å². The third-order valence-electron chi connectivity index (χ3n) is 4.09. The fourth-order valence-electron chi connectivity index (χ4n) is 2.52. The van der Waals surface area contributed by atoms with E-state index in [0.29, 0.717) is 34.1 Å². The normalized spacial score (nSPS) is 10.8. The number of methoxy groups -OCH3 is 4. The molecule has 0 aliphatic rings. The number of amides is 2. The first-order valence-corrected chi connectivity index (χ1v) is 9.66. The number of ether oxygens (including phenoxy) is 5. The van der Waals surface area contributed by atoms with Gasteiger partial charge in [0.05, 0.1) is 40.9 Å². The SMILES string of the molecule is COc1ccc(/C=N\NC(=O)COCC(=O)N/N=C/c2ccc(OC)c(OC)c2)cc1OC. The molecule has 0 aliphatic heterocycles. The van der Waals surface area contributed by atoms with Crippen molar-refractivity contribution in [3.05, 3.63) is 47.5 Å². The summed E-state index contributed by atoms with van der Waals surface area (Å²) in [5.41, 5.74) is 6.00. The van der Waals surface area contributed by atoms with Crippen LogP contribution in [0, 0.1) is 0 Å². The summed E-state index contributed by atoms with van der Waals surface area (Å²) in [6, 6.07) is 10.4. The number of hydrazone groups is 2. The van der Waals surface area contributed by atoms with Crippen molar-refractivity contribution in [2.24, 2.45) is 10.2 Å². The zero-order valence-corrected chi connectivity index (χ0v) is 18.8. The van der Waals surface area contributed by atoms with Crippen LogP contribution in [-0.2, 0) is 14.3 Å². The summed E-state index contributed by atoms with van der Waals surface area (Å²) in [7, 11) is 6.12. The van der Waals surface area contributed by atoms with E-state index in [1.54, 1.807) is 36.4 Å². The minimum absolute atomic E-state index is 0.351. The van der Waals surface area contributed by atoms with E-state index in [2.05, 4.69) is 21.1 Å². The Balaban J connectivity index is 1.71. The molecule has 2 N–H and O–H groups in total. The van der Waals surface area contributed by atoms with E-state index in [4.69, 9.17) is 23.7 Å². The average Bonchev–Trinajstić information content (AvgIpc) is 2.83. The number of carbonyl (C=O) groups is 2. The number of carbonyl (C=O) groups excluding carboxylic acids is 2. The Hall–Kier alpha value is -4.12. The fourth-order valence-corrected chi connectivity index (χ4v) is 2.52. The van der Waals surface area contributed by atoms with Crippen LogP contribution in [0.1, 0.15) is 11.1 Å². The van der Waals surface area contributed by atoms with Crippen LogP contribution in [0.4, 0.5) is 0 Å². The third kappa shape index (κ3) is 8.15. The Bertz CT molecular complexity index is 929. The molecule has 11 nitrogen and oxygen atoms in total. The minimum Gasteiger partial charge on any atom is -0.493 e. The zero-order valence-electron chi connectivity index (χ0n) is 18.8. The molecule has 0 saturated carbocycles. The van der Waals surface area contributed by atoms with Gasteiger partial charge in [0.25, 0.3) is 11.8 Å². The molecular formula is C22H26N4O7. The Morgan fingerprint density at radius 1 is 0.697 bits per heavy atom. The summed E-state index contributed by atoms with van der Waals surface area (Å²) in [5.74, 6) is 1.20. The van der Waals surface area contributed by atoms with Crippen molar-refractivity contribution in [2.45, 2.75) is 0 Å². The summed E-state index contributed by atoms with van der Waals surface area (Å²) < 4.78 is 25.8. The van der Waals surface area contributed by atoms with E-state index in [1.165, 1.54) is 40.9 Å². The van der Waals surface area contributed by atoms with E-state index in [1.807, 2.05) is 0 Å². The Morgan fingerprint density at radius 3 is 1.45 bits per heavy atom. The Morgan fingerprint density at radius 2 is 1.09 bits per heavy atom. The zero-order chi connectivity index (χ0) is 24.1. The van der Waals surface area contributed by atoms with Gasteiger partial charge in [-0.2, -0.15) is 10.2 Å². The average molecular weight is 458 g/mol. The largest absolute Gasteiger partial charge is 0.493 e. The highest BCUT2D eigenvalue weighted by Gasteiger charge is 2.06. The molecule has 0 atom stereocenters. The smallest absolute Gasteiger partial charge is 0.266 e. The number of rotatable bonds is 12. The second-order valence-corrected chi connectivity index (χ2v) is 6.31. The van der Waals surface area contributed by atoms with Crippen molar-refractivity contribution >= 4 is 24.2 Å². The molecule has 11 heteroatoms. The summed E-state index contributed by atoms with van der Waals surface area (Å²) in [6.45, 7) is -0.702. The first kappa shape index (κ1) is 25.1. The van der Waals surface area contributed by atoms with Gasteiger partial charge in [0, 0.05) is 0 Å². The maximum atomic E-state index is 11.8.